The van der Waals surface area contributed by atoms with Crippen LogP contribution in [-0.4, -0.2) is 25.4 Å². The van der Waals surface area contributed by atoms with Crippen molar-refractivity contribution in [3.63, 3.8) is 0 Å². The first-order valence-electron chi connectivity index (χ1n) is 8.95. The fourth-order valence-corrected chi connectivity index (χ4v) is 4.85. The molecule has 0 atom stereocenters. The summed E-state index contributed by atoms with van der Waals surface area (Å²) in [6, 6.07) is 7.55. The third-order valence-electron chi connectivity index (χ3n) is 5.20. The van der Waals surface area contributed by atoms with Crippen molar-refractivity contribution in [2.45, 2.75) is 50.5 Å². The fourth-order valence-electron chi connectivity index (χ4n) is 3.77. The maximum atomic E-state index is 12.6. The van der Waals surface area contributed by atoms with Crippen molar-refractivity contribution < 1.29 is 13.2 Å². The lowest BCUT2D eigenvalue weighted by Crippen LogP contribution is -2.26. The molecule has 7 heteroatoms. The van der Waals surface area contributed by atoms with E-state index in [1.807, 2.05) is 0 Å². The molecule has 2 heterocycles. The Bertz CT molecular complexity index is 988. The number of nitrogens with zero attached hydrogens (tertiary/aromatic N) is 1. The Balaban J connectivity index is 1.44. The van der Waals surface area contributed by atoms with Crippen molar-refractivity contribution >= 4 is 21.6 Å². The molecular formula is C19H23N3O3S. The molecule has 1 amide bonds. The van der Waals surface area contributed by atoms with Gasteiger partial charge in [0.05, 0.1) is 11.3 Å². The topological polar surface area (TPSA) is 80.2 Å². The minimum absolute atomic E-state index is 0.103. The van der Waals surface area contributed by atoms with Crippen molar-refractivity contribution in [1.29, 1.82) is 0 Å². The molecule has 1 aromatic heterocycles. The molecule has 0 bridgehead atoms. The summed E-state index contributed by atoms with van der Waals surface area (Å²) < 4.78 is 30.2. The molecule has 138 valence electrons. The first-order chi connectivity index (χ1) is 12.3. The Morgan fingerprint density at radius 3 is 2.73 bits per heavy atom. The van der Waals surface area contributed by atoms with Crippen LogP contribution in [0.2, 0.25) is 0 Å². The Morgan fingerprint density at radius 2 is 2.00 bits per heavy atom. The molecule has 1 aliphatic heterocycles. The molecule has 1 saturated carbocycles. The largest absolute Gasteiger partial charge is 0.346 e. The zero-order chi connectivity index (χ0) is 18.5. The summed E-state index contributed by atoms with van der Waals surface area (Å²) in [5.41, 5.74) is 5.11. The number of aryl methyl sites for hydroxylation is 1. The first kappa shape index (κ1) is 17.3. The third kappa shape index (κ3) is 3.17. The monoisotopic (exact) mass is 373 g/mol. The number of fused-ring (bicyclic) bond motifs is 1. The van der Waals surface area contributed by atoms with Crippen LogP contribution < -0.4 is 10.0 Å². The third-order valence-corrected chi connectivity index (χ3v) is 6.66. The standard InChI is InChI=1S/C19H23N3O3S/c1-12-9-14(13(2)22(12)16-3-4-16)7-8-20-26(24,25)17-5-6-18-15(10-17)11-19(23)21-18/h5-6,9-10,16,20H,3-4,7-8,11H2,1-2H3,(H,21,23). The molecule has 6 nitrogen and oxygen atoms in total. The molecule has 26 heavy (non-hydrogen) atoms. The van der Waals surface area contributed by atoms with Crippen LogP contribution >= 0.6 is 0 Å². The van der Waals surface area contributed by atoms with Crippen LogP contribution in [0.25, 0.3) is 0 Å². The number of sulfonamides is 1. The van der Waals surface area contributed by atoms with E-state index < -0.39 is 10.0 Å². The van der Waals surface area contributed by atoms with Gasteiger partial charge in [-0.2, -0.15) is 0 Å². The van der Waals surface area contributed by atoms with Crippen molar-refractivity contribution in [2.24, 2.45) is 0 Å². The van der Waals surface area contributed by atoms with Gasteiger partial charge in [0.25, 0.3) is 0 Å². The Labute approximate surface area is 153 Å². The molecule has 2 N–H and O–H groups in total. The average Bonchev–Trinajstić information content (AvgIpc) is 3.26. The SMILES string of the molecule is Cc1cc(CCNS(=O)(=O)c2ccc3c(c2)CC(=O)N3)c(C)n1C1CC1. The number of benzene rings is 1. The van der Waals surface area contributed by atoms with E-state index in [1.165, 1.54) is 35.9 Å². The molecule has 0 spiro atoms. The number of carbonyl (C=O) groups excluding carboxylic acids is 1. The van der Waals surface area contributed by atoms with E-state index in [-0.39, 0.29) is 17.2 Å². The zero-order valence-corrected chi connectivity index (χ0v) is 15.8. The summed E-state index contributed by atoms with van der Waals surface area (Å²) in [6.07, 6.45) is 3.36. The Hall–Kier alpha value is -2.12. The van der Waals surface area contributed by atoms with E-state index >= 15 is 0 Å². The van der Waals surface area contributed by atoms with E-state index in [4.69, 9.17) is 0 Å². The lowest BCUT2D eigenvalue weighted by atomic mass is 10.2. The number of anilines is 1. The molecule has 0 saturated heterocycles. The summed E-state index contributed by atoms with van der Waals surface area (Å²) in [4.78, 5) is 11.6. The number of rotatable bonds is 6. The number of hydrogen-bond donors (Lipinski definition) is 2. The molecule has 4 rings (SSSR count). The van der Waals surface area contributed by atoms with Gasteiger partial charge in [0.2, 0.25) is 15.9 Å². The number of hydrogen-bond acceptors (Lipinski definition) is 3. The van der Waals surface area contributed by atoms with Crippen molar-refractivity contribution in [2.75, 3.05) is 11.9 Å². The maximum Gasteiger partial charge on any atom is 0.240 e. The van der Waals surface area contributed by atoms with E-state index in [0.29, 0.717) is 24.7 Å². The lowest BCUT2D eigenvalue weighted by molar-refractivity contribution is -0.115. The van der Waals surface area contributed by atoms with Gasteiger partial charge in [-0.15, -0.1) is 0 Å². The molecular weight excluding hydrogens is 350 g/mol. The smallest absolute Gasteiger partial charge is 0.240 e. The van der Waals surface area contributed by atoms with Crippen LogP contribution in [0.4, 0.5) is 5.69 Å². The second-order valence-electron chi connectivity index (χ2n) is 7.19. The predicted octanol–water partition coefficient (Wildman–Crippen LogP) is 2.46. The molecule has 2 aliphatic rings. The summed E-state index contributed by atoms with van der Waals surface area (Å²) in [5.74, 6) is -0.103. The van der Waals surface area contributed by atoms with Crippen molar-refractivity contribution in [3.8, 4) is 0 Å². The highest BCUT2D eigenvalue weighted by Crippen LogP contribution is 2.38. The van der Waals surface area contributed by atoms with Crippen LogP contribution in [0.15, 0.2) is 29.2 Å². The van der Waals surface area contributed by atoms with E-state index in [1.54, 1.807) is 12.1 Å². The summed E-state index contributed by atoms with van der Waals surface area (Å²) in [5, 5.41) is 2.71. The van der Waals surface area contributed by atoms with Crippen LogP contribution in [-0.2, 0) is 27.7 Å². The van der Waals surface area contributed by atoms with Gasteiger partial charge in [0.15, 0.2) is 0 Å². The van der Waals surface area contributed by atoms with Gasteiger partial charge >= 0.3 is 0 Å². The molecule has 1 aromatic carbocycles. The fraction of sp³-hybridized carbons (Fsp3) is 0.421. The van der Waals surface area contributed by atoms with Crippen LogP contribution in [0, 0.1) is 13.8 Å². The Morgan fingerprint density at radius 1 is 1.23 bits per heavy atom. The second kappa shape index (κ2) is 6.25. The minimum Gasteiger partial charge on any atom is -0.346 e. The van der Waals surface area contributed by atoms with E-state index in [0.717, 1.165) is 5.56 Å². The second-order valence-corrected chi connectivity index (χ2v) is 8.96. The highest BCUT2D eigenvalue weighted by Gasteiger charge is 2.27. The molecule has 2 aromatic rings. The number of aromatic nitrogens is 1. The minimum atomic E-state index is -3.59. The summed E-state index contributed by atoms with van der Waals surface area (Å²) >= 11 is 0. The number of carbonyl (C=O) groups is 1. The predicted molar refractivity (Wildman–Crippen MR) is 99.8 cm³/mol. The van der Waals surface area contributed by atoms with Gasteiger partial charge in [0, 0.05) is 29.7 Å². The van der Waals surface area contributed by atoms with Crippen LogP contribution in [0.3, 0.4) is 0 Å². The first-order valence-corrected chi connectivity index (χ1v) is 10.4. The van der Waals surface area contributed by atoms with Crippen LogP contribution in [0.5, 0.6) is 0 Å². The summed E-state index contributed by atoms with van der Waals surface area (Å²) in [6.45, 7) is 4.57. The van der Waals surface area contributed by atoms with Crippen molar-refractivity contribution in [3.05, 3.63) is 46.8 Å². The zero-order valence-electron chi connectivity index (χ0n) is 15.0. The van der Waals surface area contributed by atoms with Gasteiger partial charge in [-0.1, -0.05) is 0 Å². The van der Waals surface area contributed by atoms with Gasteiger partial charge in [-0.05, 0) is 68.5 Å². The molecule has 0 radical (unpaired) electrons. The van der Waals surface area contributed by atoms with Gasteiger partial charge in [-0.3, -0.25) is 4.79 Å². The Kier molecular flexibility index (Phi) is 4.16. The van der Waals surface area contributed by atoms with Crippen molar-refractivity contribution in [1.82, 2.24) is 9.29 Å². The van der Waals surface area contributed by atoms with Crippen LogP contribution in [0.1, 0.15) is 41.4 Å². The normalized spacial score (nSPS) is 16.6. The molecule has 1 fully saturated rings. The van der Waals surface area contributed by atoms with E-state index in [2.05, 4.69) is 34.5 Å². The summed E-state index contributed by atoms with van der Waals surface area (Å²) in [7, 11) is -3.59. The molecule has 0 unspecified atom stereocenters. The van der Waals surface area contributed by atoms with E-state index in [9.17, 15) is 13.2 Å². The van der Waals surface area contributed by atoms with Gasteiger partial charge in [-0.25, -0.2) is 13.1 Å². The highest BCUT2D eigenvalue weighted by atomic mass is 32.2. The number of nitrogens with one attached hydrogen (secondary N) is 2. The number of amides is 1. The quantitative estimate of drug-likeness (QED) is 0.816. The molecule has 1 aliphatic carbocycles. The highest BCUT2D eigenvalue weighted by molar-refractivity contribution is 7.89. The van der Waals surface area contributed by atoms with Gasteiger partial charge in [0.1, 0.15) is 0 Å². The maximum absolute atomic E-state index is 12.6. The average molecular weight is 373 g/mol. The lowest BCUT2D eigenvalue weighted by Gasteiger charge is -2.09. The van der Waals surface area contributed by atoms with Gasteiger partial charge < -0.3 is 9.88 Å².